The quantitative estimate of drug-likeness (QED) is 0.455. The molecule has 174 valence electrons. The number of piperidine rings is 1. The predicted octanol–water partition coefficient (Wildman–Crippen LogP) is 5.23. The Balaban J connectivity index is 1.21. The van der Waals surface area contributed by atoms with E-state index in [4.69, 9.17) is 4.74 Å². The van der Waals surface area contributed by atoms with E-state index in [0.717, 1.165) is 55.8 Å². The maximum absolute atomic E-state index is 13.0. The smallest absolute Gasteiger partial charge is 0.175 e. The average molecular weight is 468 g/mol. The van der Waals surface area contributed by atoms with Crippen LogP contribution in [0, 0.1) is 11.7 Å². The summed E-state index contributed by atoms with van der Waals surface area (Å²) in [6, 6.07) is 21.7. The van der Waals surface area contributed by atoms with Crippen LogP contribution in [0.4, 0.5) is 4.39 Å². The molecule has 0 spiro atoms. The number of rotatable bonds is 8. The van der Waals surface area contributed by atoms with Crippen molar-refractivity contribution in [1.29, 1.82) is 0 Å². The highest BCUT2D eigenvalue weighted by Gasteiger charge is 2.19. The molecule has 0 bridgehead atoms. The molecule has 6 heteroatoms. The summed E-state index contributed by atoms with van der Waals surface area (Å²) in [5.74, 6) is 1.22. The van der Waals surface area contributed by atoms with E-state index in [0.29, 0.717) is 17.4 Å². The molecule has 1 heterocycles. The van der Waals surface area contributed by atoms with Crippen molar-refractivity contribution in [2.75, 3.05) is 32.5 Å². The summed E-state index contributed by atoms with van der Waals surface area (Å²) in [6.45, 7) is 3.86. The van der Waals surface area contributed by atoms with Crippen molar-refractivity contribution in [1.82, 2.24) is 4.90 Å². The molecule has 0 radical (unpaired) electrons. The SMILES string of the molecule is CS(=O)(=O)c1ccc(-c2ccc(OCC3CCN(CCc4ccc(F)cc4)CC3)cc2)cc1. The number of nitrogens with zero attached hydrogens (tertiary/aromatic N) is 1. The summed E-state index contributed by atoms with van der Waals surface area (Å²) in [5.41, 5.74) is 3.18. The van der Waals surface area contributed by atoms with Gasteiger partial charge in [-0.2, -0.15) is 0 Å². The summed E-state index contributed by atoms with van der Waals surface area (Å²) in [6.07, 6.45) is 4.40. The van der Waals surface area contributed by atoms with Crippen LogP contribution >= 0.6 is 0 Å². The maximum atomic E-state index is 13.0. The van der Waals surface area contributed by atoms with E-state index in [9.17, 15) is 12.8 Å². The van der Waals surface area contributed by atoms with Crippen LogP contribution in [0.15, 0.2) is 77.7 Å². The van der Waals surface area contributed by atoms with Crippen LogP contribution in [0.3, 0.4) is 0 Å². The van der Waals surface area contributed by atoms with E-state index in [2.05, 4.69) is 4.90 Å². The second-order valence-corrected chi connectivity index (χ2v) is 10.8. The van der Waals surface area contributed by atoms with Crippen LogP contribution in [-0.2, 0) is 16.3 Å². The Morgan fingerprint density at radius 1 is 0.879 bits per heavy atom. The van der Waals surface area contributed by atoms with Crippen LogP contribution in [0.25, 0.3) is 11.1 Å². The largest absolute Gasteiger partial charge is 0.493 e. The molecule has 0 saturated carbocycles. The van der Waals surface area contributed by atoms with E-state index >= 15 is 0 Å². The monoisotopic (exact) mass is 467 g/mol. The molecule has 0 aliphatic carbocycles. The summed E-state index contributed by atoms with van der Waals surface area (Å²) in [7, 11) is -3.18. The number of halogens is 1. The van der Waals surface area contributed by atoms with Gasteiger partial charge >= 0.3 is 0 Å². The Morgan fingerprint density at radius 3 is 2.03 bits per heavy atom. The average Bonchev–Trinajstić information content (AvgIpc) is 2.83. The lowest BCUT2D eigenvalue weighted by atomic mass is 9.97. The van der Waals surface area contributed by atoms with Crippen LogP contribution in [0.1, 0.15) is 18.4 Å². The lowest BCUT2D eigenvalue weighted by Crippen LogP contribution is -2.36. The first kappa shape index (κ1) is 23.5. The Bertz CT molecular complexity index is 1140. The van der Waals surface area contributed by atoms with E-state index < -0.39 is 9.84 Å². The molecule has 0 aromatic heterocycles. The van der Waals surface area contributed by atoms with Crippen molar-refractivity contribution >= 4 is 9.84 Å². The summed E-state index contributed by atoms with van der Waals surface area (Å²) in [4.78, 5) is 2.80. The van der Waals surface area contributed by atoms with Gasteiger partial charge in [-0.25, -0.2) is 12.8 Å². The molecule has 3 aromatic carbocycles. The molecular formula is C27H30FNO3S. The van der Waals surface area contributed by atoms with Gasteiger partial charge in [-0.15, -0.1) is 0 Å². The van der Waals surface area contributed by atoms with Crippen LogP contribution in [-0.4, -0.2) is 45.8 Å². The van der Waals surface area contributed by atoms with E-state index in [1.54, 1.807) is 12.1 Å². The molecule has 1 fully saturated rings. The maximum Gasteiger partial charge on any atom is 0.175 e. The minimum Gasteiger partial charge on any atom is -0.493 e. The third kappa shape index (κ3) is 6.65. The molecule has 0 N–H and O–H groups in total. The number of ether oxygens (including phenoxy) is 1. The molecule has 4 rings (SSSR count). The fraction of sp³-hybridized carbons (Fsp3) is 0.333. The van der Waals surface area contributed by atoms with E-state index in [1.807, 2.05) is 48.5 Å². The second-order valence-electron chi connectivity index (χ2n) is 8.79. The Labute approximate surface area is 195 Å². The van der Waals surface area contributed by atoms with E-state index in [1.165, 1.54) is 24.0 Å². The molecule has 1 aliphatic rings. The van der Waals surface area contributed by atoms with Gasteiger partial charge in [0.1, 0.15) is 11.6 Å². The van der Waals surface area contributed by atoms with Gasteiger partial charge in [0.15, 0.2) is 9.84 Å². The fourth-order valence-corrected chi connectivity index (χ4v) is 4.80. The molecule has 0 atom stereocenters. The summed E-state index contributed by atoms with van der Waals surface area (Å²) < 4.78 is 42.3. The molecular weight excluding hydrogens is 437 g/mol. The normalized spacial score (nSPS) is 15.5. The van der Waals surface area contributed by atoms with Crippen LogP contribution in [0.5, 0.6) is 5.75 Å². The first-order chi connectivity index (χ1) is 15.9. The van der Waals surface area contributed by atoms with Gasteiger partial charge in [-0.3, -0.25) is 0 Å². The Morgan fingerprint density at radius 2 is 1.45 bits per heavy atom. The molecule has 0 unspecified atom stereocenters. The molecule has 1 aliphatic heterocycles. The minimum absolute atomic E-state index is 0.183. The van der Waals surface area contributed by atoms with Crippen LogP contribution in [0.2, 0.25) is 0 Å². The first-order valence-corrected chi connectivity index (χ1v) is 13.3. The predicted molar refractivity (Wildman–Crippen MR) is 130 cm³/mol. The van der Waals surface area contributed by atoms with Gasteiger partial charge in [-0.05, 0) is 91.4 Å². The van der Waals surface area contributed by atoms with Crippen molar-refractivity contribution in [3.63, 3.8) is 0 Å². The zero-order chi connectivity index (χ0) is 23.3. The third-order valence-electron chi connectivity index (χ3n) is 6.29. The zero-order valence-corrected chi connectivity index (χ0v) is 19.7. The first-order valence-electron chi connectivity index (χ1n) is 11.4. The van der Waals surface area contributed by atoms with E-state index in [-0.39, 0.29) is 5.82 Å². The lowest BCUT2D eigenvalue weighted by molar-refractivity contribution is 0.142. The van der Waals surface area contributed by atoms with Gasteiger partial charge < -0.3 is 9.64 Å². The Kier molecular flexibility index (Phi) is 7.46. The van der Waals surface area contributed by atoms with Gasteiger partial charge in [0, 0.05) is 12.8 Å². The summed E-state index contributed by atoms with van der Waals surface area (Å²) in [5, 5.41) is 0. The second kappa shape index (κ2) is 10.5. The number of sulfone groups is 1. The standard InChI is InChI=1S/C27H30FNO3S/c1-33(30,31)27-12-6-24(7-13-27)23-4-10-26(11-5-23)32-20-22-15-18-29(19-16-22)17-14-21-2-8-25(28)9-3-21/h2-13,22H,14-20H2,1H3. The van der Waals surface area contributed by atoms with Crippen molar-refractivity contribution < 1.29 is 17.5 Å². The topological polar surface area (TPSA) is 46.6 Å². The fourth-order valence-electron chi connectivity index (χ4n) is 4.17. The van der Waals surface area contributed by atoms with Crippen molar-refractivity contribution in [2.24, 2.45) is 5.92 Å². The third-order valence-corrected chi connectivity index (χ3v) is 7.42. The van der Waals surface area contributed by atoms with Crippen molar-refractivity contribution in [3.05, 3.63) is 84.2 Å². The highest BCUT2D eigenvalue weighted by atomic mass is 32.2. The molecule has 1 saturated heterocycles. The van der Waals surface area contributed by atoms with Gasteiger partial charge in [0.25, 0.3) is 0 Å². The number of benzene rings is 3. The van der Waals surface area contributed by atoms with Gasteiger partial charge in [0.2, 0.25) is 0 Å². The molecule has 33 heavy (non-hydrogen) atoms. The van der Waals surface area contributed by atoms with Gasteiger partial charge in [0.05, 0.1) is 11.5 Å². The molecule has 4 nitrogen and oxygen atoms in total. The highest BCUT2D eigenvalue weighted by Crippen LogP contribution is 2.25. The number of hydrogen-bond donors (Lipinski definition) is 0. The van der Waals surface area contributed by atoms with Gasteiger partial charge in [-0.1, -0.05) is 36.4 Å². The lowest BCUT2D eigenvalue weighted by Gasteiger charge is -2.31. The molecule has 3 aromatic rings. The number of hydrogen-bond acceptors (Lipinski definition) is 4. The zero-order valence-electron chi connectivity index (χ0n) is 18.9. The van der Waals surface area contributed by atoms with Crippen molar-refractivity contribution in [3.8, 4) is 16.9 Å². The minimum atomic E-state index is -3.18. The highest BCUT2D eigenvalue weighted by molar-refractivity contribution is 7.90. The van der Waals surface area contributed by atoms with Crippen molar-refractivity contribution in [2.45, 2.75) is 24.2 Å². The number of likely N-dealkylation sites (tertiary alicyclic amines) is 1. The Hall–Kier alpha value is -2.70. The summed E-state index contributed by atoms with van der Waals surface area (Å²) >= 11 is 0. The molecule has 0 amide bonds. The van der Waals surface area contributed by atoms with Crippen LogP contribution < -0.4 is 4.74 Å².